The minimum atomic E-state index is -4.34. The number of halogens is 3. The molecule has 0 aliphatic heterocycles. The summed E-state index contributed by atoms with van der Waals surface area (Å²) in [5.74, 6) is 0. The van der Waals surface area contributed by atoms with Crippen LogP contribution in [-0.2, 0) is 4.74 Å². The van der Waals surface area contributed by atoms with Gasteiger partial charge in [0.1, 0.15) is 6.61 Å². The number of nitrogens with two attached hydrogens (primary N) is 1. The normalized spacial score (nSPS) is 13.9. The first kappa shape index (κ1) is 11.9. The lowest BCUT2D eigenvalue weighted by Gasteiger charge is -2.17. The molecule has 1 unspecified atom stereocenters. The Morgan fingerprint density at radius 1 is 1.47 bits per heavy atom. The van der Waals surface area contributed by atoms with Crippen molar-refractivity contribution in [1.29, 1.82) is 0 Å². The molecule has 0 saturated heterocycles. The van der Waals surface area contributed by atoms with Gasteiger partial charge in [-0.2, -0.15) is 13.2 Å². The Bertz CT molecular complexity index is 289. The summed E-state index contributed by atoms with van der Waals surface area (Å²) in [7, 11) is 0. The third kappa shape index (κ3) is 4.26. The van der Waals surface area contributed by atoms with Crippen molar-refractivity contribution >= 4 is 0 Å². The number of hydrogen-bond donors (Lipinski definition) is 1. The second kappa shape index (κ2) is 5.09. The molecule has 1 rings (SSSR count). The van der Waals surface area contributed by atoms with Crippen LogP contribution >= 0.6 is 0 Å². The average Bonchev–Trinajstić information content (AvgIpc) is 2.19. The van der Waals surface area contributed by atoms with Crippen LogP contribution in [0.4, 0.5) is 13.2 Å². The van der Waals surface area contributed by atoms with E-state index in [2.05, 4.69) is 9.72 Å². The van der Waals surface area contributed by atoms with Crippen LogP contribution in [0.15, 0.2) is 24.5 Å². The minimum absolute atomic E-state index is 0.0121. The second-order valence-corrected chi connectivity index (χ2v) is 2.94. The number of rotatable bonds is 4. The fourth-order valence-electron chi connectivity index (χ4n) is 1.06. The molecule has 1 atom stereocenters. The first-order valence-corrected chi connectivity index (χ1v) is 4.31. The van der Waals surface area contributed by atoms with Gasteiger partial charge in [0.05, 0.1) is 6.10 Å². The van der Waals surface area contributed by atoms with Crippen LogP contribution in [0.5, 0.6) is 0 Å². The molecule has 0 spiro atoms. The summed E-state index contributed by atoms with van der Waals surface area (Å²) < 4.78 is 40.3. The molecule has 6 heteroatoms. The lowest BCUT2D eigenvalue weighted by atomic mass is 10.1. The van der Waals surface area contributed by atoms with E-state index in [-0.39, 0.29) is 6.54 Å². The van der Waals surface area contributed by atoms with Gasteiger partial charge in [0.25, 0.3) is 0 Å². The van der Waals surface area contributed by atoms with Gasteiger partial charge >= 0.3 is 6.18 Å². The minimum Gasteiger partial charge on any atom is -0.363 e. The summed E-state index contributed by atoms with van der Waals surface area (Å²) in [5, 5.41) is 0. The quantitative estimate of drug-likeness (QED) is 0.839. The van der Waals surface area contributed by atoms with E-state index >= 15 is 0 Å². The summed E-state index contributed by atoms with van der Waals surface area (Å²) in [4.78, 5) is 3.78. The van der Waals surface area contributed by atoms with Gasteiger partial charge < -0.3 is 10.5 Å². The Kier molecular flexibility index (Phi) is 4.05. The Morgan fingerprint density at radius 2 is 2.20 bits per heavy atom. The number of aromatic nitrogens is 1. The van der Waals surface area contributed by atoms with E-state index in [9.17, 15) is 13.2 Å². The molecule has 0 bridgehead atoms. The maximum absolute atomic E-state index is 11.9. The number of nitrogens with zero attached hydrogens (tertiary/aromatic N) is 1. The first-order chi connectivity index (χ1) is 7.03. The molecule has 0 amide bonds. The molecule has 3 nitrogen and oxygen atoms in total. The SMILES string of the molecule is NCC(OCC(F)(F)F)c1cccnc1. The molecule has 1 aromatic heterocycles. The molecule has 0 aromatic carbocycles. The zero-order valence-corrected chi connectivity index (χ0v) is 7.87. The van der Waals surface area contributed by atoms with Gasteiger partial charge in [-0.25, -0.2) is 0 Å². The standard InChI is InChI=1S/C9H11F3N2O/c10-9(11,12)6-15-8(4-13)7-2-1-3-14-5-7/h1-3,5,8H,4,6,13H2. The molecular weight excluding hydrogens is 209 g/mol. The lowest BCUT2D eigenvalue weighted by Crippen LogP contribution is -2.23. The number of alkyl halides is 3. The molecular formula is C9H11F3N2O. The van der Waals surface area contributed by atoms with Crippen molar-refractivity contribution in [3.05, 3.63) is 30.1 Å². The topological polar surface area (TPSA) is 48.1 Å². The van der Waals surface area contributed by atoms with Crippen LogP contribution in [0.2, 0.25) is 0 Å². The van der Waals surface area contributed by atoms with Crippen molar-refractivity contribution in [1.82, 2.24) is 4.98 Å². The Hall–Kier alpha value is -1.14. The van der Waals surface area contributed by atoms with Crippen molar-refractivity contribution in [2.24, 2.45) is 5.73 Å². The van der Waals surface area contributed by atoms with E-state index in [0.717, 1.165) is 0 Å². The molecule has 0 saturated carbocycles. The van der Waals surface area contributed by atoms with E-state index in [1.807, 2.05) is 0 Å². The molecule has 15 heavy (non-hydrogen) atoms. The van der Waals surface area contributed by atoms with Gasteiger partial charge in [0, 0.05) is 24.5 Å². The van der Waals surface area contributed by atoms with E-state index in [4.69, 9.17) is 5.73 Å². The summed E-state index contributed by atoms with van der Waals surface area (Å²) in [6.07, 6.45) is -2.13. The van der Waals surface area contributed by atoms with Crippen LogP contribution in [0.1, 0.15) is 11.7 Å². The third-order valence-corrected chi connectivity index (χ3v) is 1.72. The fraction of sp³-hybridized carbons (Fsp3) is 0.444. The largest absolute Gasteiger partial charge is 0.411 e. The molecule has 2 N–H and O–H groups in total. The van der Waals surface area contributed by atoms with Crippen LogP contribution in [-0.4, -0.2) is 24.3 Å². The van der Waals surface area contributed by atoms with Gasteiger partial charge in [-0.1, -0.05) is 6.07 Å². The van der Waals surface area contributed by atoms with E-state index in [0.29, 0.717) is 5.56 Å². The first-order valence-electron chi connectivity index (χ1n) is 4.31. The zero-order valence-electron chi connectivity index (χ0n) is 7.87. The van der Waals surface area contributed by atoms with E-state index < -0.39 is 18.9 Å². The van der Waals surface area contributed by atoms with Crippen LogP contribution < -0.4 is 5.73 Å². The van der Waals surface area contributed by atoms with Crippen molar-refractivity contribution in [3.8, 4) is 0 Å². The molecule has 0 aliphatic carbocycles. The molecule has 0 fully saturated rings. The molecule has 1 heterocycles. The van der Waals surface area contributed by atoms with Gasteiger partial charge in [-0.05, 0) is 6.07 Å². The van der Waals surface area contributed by atoms with E-state index in [1.165, 1.54) is 12.4 Å². The Balaban J connectivity index is 2.58. The summed E-state index contributed by atoms with van der Waals surface area (Å²) in [6.45, 7) is -1.31. The summed E-state index contributed by atoms with van der Waals surface area (Å²) in [6, 6.07) is 3.25. The van der Waals surface area contributed by atoms with Gasteiger partial charge in [-0.15, -0.1) is 0 Å². The monoisotopic (exact) mass is 220 g/mol. The van der Waals surface area contributed by atoms with E-state index in [1.54, 1.807) is 12.1 Å². The average molecular weight is 220 g/mol. The number of ether oxygens (including phenoxy) is 1. The lowest BCUT2D eigenvalue weighted by molar-refractivity contribution is -0.185. The Labute approximate surface area is 85.1 Å². The number of hydrogen-bond acceptors (Lipinski definition) is 3. The second-order valence-electron chi connectivity index (χ2n) is 2.94. The maximum atomic E-state index is 11.9. The highest BCUT2D eigenvalue weighted by atomic mass is 19.4. The predicted molar refractivity (Wildman–Crippen MR) is 48.0 cm³/mol. The highest BCUT2D eigenvalue weighted by Gasteiger charge is 2.29. The summed E-state index contributed by atoms with van der Waals surface area (Å²) >= 11 is 0. The Morgan fingerprint density at radius 3 is 2.67 bits per heavy atom. The van der Waals surface area contributed by atoms with Crippen LogP contribution in [0, 0.1) is 0 Å². The number of pyridine rings is 1. The molecule has 0 radical (unpaired) electrons. The fourth-order valence-corrected chi connectivity index (χ4v) is 1.06. The highest BCUT2D eigenvalue weighted by Crippen LogP contribution is 2.21. The van der Waals surface area contributed by atoms with Gasteiger partial charge in [-0.3, -0.25) is 4.98 Å². The maximum Gasteiger partial charge on any atom is 0.411 e. The van der Waals surface area contributed by atoms with Crippen molar-refractivity contribution in [3.63, 3.8) is 0 Å². The highest BCUT2D eigenvalue weighted by molar-refractivity contribution is 5.12. The summed E-state index contributed by atoms with van der Waals surface area (Å²) in [5.41, 5.74) is 5.86. The molecule has 1 aromatic rings. The predicted octanol–water partition coefficient (Wildman–Crippen LogP) is 1.66. The third-order valence-electron chi connectivity index (χ3n) is 1.72. The van der Waals surface area contributed by atoms with Crippen molar-refractivity contribution in [2.75, 3.05) is 13.2 Å². The van der Waals surface area contributed by atoms with Crippen molar-refractivity contribution in [2.45, 2.75) is 12.3 Å². The zero-order chi connectivity index (χ0) is 11.3. The van der Waals surface area contributed by atoms with Crippen LogP contribution in [0.3, 0.4) is 0 Å². The van der Waals surface area contributed by atoms with Gasteiger partial charge in [0.15, 0.2) is 0 Å². The van der Waals surface area contributed by atoms with Gasteiger partial charge in [0.2, 0.25) is 0 Å². The molecule has 0 aliphatic rings. The van der Waals surface area contributed by atoms with Crippen LogP contribution in [0.25, 0.3) is 0 Å². The smallest absolute Gasteiger partial charge is 0.363 e. The van der Waals surface area contributed by atoms with Crippen molar-refractivity contribution < 1.29 is 17.9 Å². The molecule has 84 valence electrons.